The Morgan fingerprint density at radius 2 is 1.30 bits per heavy atom. The van der Waals surface area contributed by atoms with Crippen LogP contribution in [-0.4, -0.2) is 19.1 Å². The quantitative estimate of drug-likeness (QED) is 0.202. The molecule has 0 saturated heterocycles. The Kier molecular flexibility index (Phi) is 5.58. The Morgan fingerprint density at radius 1 is 0.574 bits per heavy atom. The zero-order valence-corrected chi connectivity index (χ0v) is 25.9. The summed E-state index contributed by atoms with van der Waals surface area (Å²) in [6.45, 7) is 2.30. The summed E-state index contributed by atoms with van der Waals surface area (Å²) in [6.07, 6.45) is 8.05. The van der Waals surface area contributed by atoms with Crippen LogP contribution in [0.5, 0.6) is 0 Å². The van der Waals surface area contributed by atoms with Crippen molar-refractivity contribution in [2.45, 2.75) is 13.3 Å². The molecule has 0 aliphatic heterocycles. The topological polar surface area (TPSA) is 35.6 Å². The van der Waals surface area contributed by atoms with Crippen molar-refractivity contribution in [3.8, 4) is 17.2 Å². The van der Waals surface area contributed by atoms with E-state index in [-0.39, 0.29) is 0 Å². The second kappa shape index (κ2) is 10.0. The number of allylic oxidation sites excluding steroid dienone is 4. The van der Waals surface area contributed by atoms with Crippen molar-refractivity contribution < 1.29 is 0 Å². The molecule has 0 N–H and O–H groups in total. The van der Waals surface area contributed by atoms with Gasteiger partial charge in [-0.2, -0.15) is 0 Å². The molecule has 1 atom stereocenters. The van der Waals surface area contributed by atoms with Gasteiger partial charge in [0, 0.05) is 38.2 Å². The number of para-hydroxylation sites is 2. The van der Waals surface area contributed by atoms with Gasteiger partial charge in [0.1, 0.15) is 0 Å². The van der Waals surface area contributed by atoms with Gasteiger partial charge in [-0.25, -0.2) is 9.97 Å². The first-order valence-corrected chi connectivity index (χ1v) is 16.3. The van der Waals surface area contributed by atoms with E-state index < -0.39 is 0 Å². The summed E-state index contributed by atoms with van der Waals surface area (Å²) < 4.78 is 4.79. The molecule has 4 heteroatoms. The lowest BCUT2D eigenvalue weighted by Crippen LogP contribution is -2.06. The second-order valence-electron chi connectivity index (χ2n) is 12.7. The van der Waals surface area contributed by atoms with Crippen molar-refractivity contribution in [2.24, 2.45) is 5.92 Å². The number of hydrogen-bond donors (Lipinski definition) is 0. The lowest BCUT2D eigenvalue weighted by atomic mass is 10.0. The van der Waals surface area contributed by atoms with Gasteiger partial charge >= 0.3 is 0 Å². The van der Waals surface area contributed by atoms with Gasteiger partial charge in [-0.3, -0.25) is 4.57 Å². The maximum atomic E-state index is 5.42. The van der Waals surface area contributed by atoms with Crippen LogP contribution in [0.25, 0.3) is 88.2 Å². The zero-order valence-electron chi connectivity index (χ0n) is 25.9. The maximum absolute atomic E-state index is 5.42. The average molecular weight is 603 g/mol. The molecule has 0 radical (unpaired) electrons. The molecule has 1 aliphatic rings. The summed E-state index contributed by atoms with van der Waals surface area (Å²) in [4.78, 5) is 10.7. The lowest BCUT2D eigenvalue weighted by Gasteiger charge is -2.17. The molecule has 0 spiro atoms. The Hall–Kier alpha value is -6.00. The zero-order chi connectivity index (χ0) is 31.1. The molecule has 0 saturated carbocycles. The molecule has 10 rings (SSSR count). The van der Waals surface area contributed by atoms with Crippen molar-refractivity contribution in [3.05, 3.63) is 146 Å². The van der Waals surface area contributed by atoms with Gasteiger partial charge in [0.15, 0.2) is 0 Å². The van der Waals surface area contributed by atoms with Gasteiger partial charge in [0.25, 0.3) is 0 Å². The van der Waals surface area contributed by atoms with Crippen LogP contribution < -0.4 is 0 Å². The number of aromatic nitrogens is 4. The summed E-state index contributed by atoms with van der Waals surface area (Å²) in [7, 11) is 0. The molecule has 222 valence electrons. The Balaban J connectivity index is 1.45. The van der Waals surface area contributed by atoms with E-state index in [4.69, 9.17) is 9.97 Å². The van der Waals surface area contributed by atoms with Crippen molar-refractivity contribution in [2.75, 3.05) is 0 Å². The van der Waals surface area contributed by atoms with Crippen LogP contribution in [0.4, 0.5) is 0 Å². The minimum Gasteiger partial charge on any atom is -0.308 e. The third kappa shape index (κ3) is 3.82. The fraction of sp³-hybridized carbons (Fsp3) is 0.0698. The van der Waals surface area contributed by atoms with Crippen molar-refractivity contribution in [3.63, 3.8) is 0 Å². The van der Waals surface area contributed by atoms with E-state index in [0.29, 0.717) is 11.9 Å². The summed E-state index contributed by atoms with van der Waals surface area (Å²) in [5.41, 5.74) is 8.72. The van der Waals surface area contributed by atoms with E-state index >= 15 is 0 Å². The van der Waals surface area contributed by atoms with E-state index in [2.05, 4.69) is 162 Å². The van der Waals surface area contributed by atoms with Crippen molar-refractivity contribution >= 4 is 71.0 Å². The SMILES string of the molecule is CC1C=C(n2c3ccccc3c3ccc4c5c6ccccc6ccc5n(-c5nc(-c6ccccc6)c6ccccc6n5)c4c32)C=CC1. The van der Waals surface area contributed by atoms with Crippen LogP contribution in [0.15, 0.2) is 146 Å². The normalized spacial score (nSPS) is 15.1. The second-order valence-corrected chi connectivity index (χ2v) is 12.7. The van der Waals surface area contributed by atoms with Crippen LogP contribution in [0.1, 0.15) is 13.3 Å². The van der Waals surface area contributed by atoms with E-state index in [1.165, 1.54) is 49.0 Å². The molecule has 3 aromatic heterocycles. The van der Waals surface area contributed by atoms with Crippen LogP contribution in [-0.2, 0) is 0 Å². The third-order valence-corrected chi connectivity index (χ3v) is 9.80. The van der Waals surface area contributed by atoms with Crippen molar-refractivity contribution in [1.82, 2.24) is 19.1 Å². The summed E-state index contributed by atoms with van der Waals surface area (Å²) in [5, 5.41) is 8.36. The molecule has 9 aromatic rings. The maximum Gasteiger partial charge on any atom is 0.235 e. The lowest BCUT2D eigenvalue weighted by molar-refractivity contribution is 0.735. The number of benzene rings is 6. The van der Waals surface area contributed by atoms with Crippen LogP contribution in [0, 0.1) is 5.92 Å². The molecular weight excluding hydrogens is 573 g/mol. The van der Waals surface area contributed by atoms with E-state index in [9.17, 15) is 0 Å². The molecule has 6 aromatic carbocycles. The molecule has 47 heavy (non-hydrogen) atoms. The fourth-order valence-electron chi connectivity index (χ4n) is 7.74. The highest BCUT2D eigenvalue weighted by Crippen LogP contribution is 2.44. The number of fused-ring (bicyclic) bond motifs is 10. The van der Waals surface area contributed by atoms with E-state index in [1.807, 2.05) is 0 Å². The Labute approximate surface area is 271 Å². The first kappa shape index (κ1) is 26.2. The minimum atomic E-state index is 0.456. The molecular formula is C43H30N4. The van der Waals surface area contributed by atoms with Gasteiger partial charge < -0.3 is 4.57 Å². The first-order valence-electron chi connectivity index (χ1n) is 16.3. The van der Waals surface area contributed by atoms with Gasteiger partial charge in [-0.05, 0) is 47.4 Å². The highest BCUT2D eigenvalue weighted by atomic mass is 15.2. The number of nitrogens with zero attached hydrogens (tertiary/aromatic N) is 4. The van der Waals surface area contributed by atoms with Crippen molar-refractivity contribution in [1.29, 1.82) is 0 Å². The fourth-order valence-corrected chi connectivity index (χ4v) is 7.74. The van der Waals surface area contributed by atoms with E-state index in [0.717, 1.165) is 39.6 Å². The molecule has 3 heterocycles. The minimum absolute atomic E-state index is 0.456. The van der Waals surface area contributed by atoms with Crippen LogP contribution in [0.2, 0.25) is 0 Å². The predicted octanol–water partition coefficient (Wildman–Crippen LogP) is 11.1. The van der Waals surface area contributed by atoms with Gasteiger partial charge in [0.2, 0.25) is 5.95 Å². The largest absolute Gasteiger partial charge is 0.308 e. The molecule has 4 nitrogen and oxygen atoms in total. The molecule has 0 amide bonds. The molecule has 0 bridgehead atoms. The van der Waals surface area contributed by atoms with Crippen LogP contribution >= 0.6 is 0 Å². The molecule has 0 fully saturated rings. The molecule has 1 unspecified atom stereocenters. The highest BCUT2D eigenvalue weighted by Gasteiger charge is 2.24. The van der Waals surface area contributed by atoms with Gasteiger partial charge in [-0.15, -0.1) is 0 Å². The molecule has 1 aliphatic carbocycles. The average Bonchev–Trinajstić information content (AvgIpc) is 3.65. The van der Waals surface area contributed by atoms with Gasteiger partial charge in [-0.1, -0.05) is 128 Å². The first-order chi connectivity index (χ1) is 23.2. The Bertz CT molecular complexity index is 2780. The predicted molar refractivity (Wildman–Crippen MR) is 197 cm³/mol. The standard InChI is InChI=1S/C43H30N4/c1-27-12-11-16-30(26-27)46-37-21-10-8-18-32(37)33-23-24-35-39-31-17-6-5-13-28(31)22-25-38(39)47(42(35)41(33)46)43-44-36-20-9-7-19-34(36)40(45-43)29-14-3-2-4-15-29/h2-11,13-27H,12H2,1H3. The third-order valence-electron chi connectivity index (χ3n) is 9.80. The highest BCUT2D eigenvalue weighted by molar-refractivity contribution is 6.28. The summed E-state index contributed by atoms with van der Waals surface area (Å²) in [6, 6.07) is 45.4. The van der Waals surface area contributed by atoms with E-state index in [1.54, 1.807) is 0 Å². The Morgan fingerprint density at radius 3 is 2.17 bits per heavy atom. The number of hydrogen-bond acceptors (Lipinski definition) is 2. The van der Waals surface area contributed by atoms with Crippen LogP contribution in [0.3, 0.4) is 0 Å². The smallest absolute Gasteiger partial charge is 0.235 e. The monoisotopic (exact) mass is 602 g/mol. The number of rotatable bonds is 3. The summed E-state index contributed by atoms with van der Waals surface area (Å²) >= 11 is 0. The van der Waals surface area contributed by atoms with Gasteiger partial charge in [0.05, 0.1) is 33.3 Å². The summed E-state index contributed by atoms with van der Waals surface area (Å²) in [5.74, 6) is 1.13.